The van der Waals surface area contributed by atoms with Gasteiger partial charge in [0.1, 0.15) is 29.3 Å². The molecule has 57 heavy (non-hydrogen) atoms. The van der Waals surface area contributed by atoms with Crippen LogP contribution in [0.1, 0.15) is 29.0 Å². The van der Waals surface area contributed by atoms with Crippen LogP contribution in [0.25, 0.3) is 80.7 Å². The summed E-state index contributed by atoms with van der Waals surface area (Å²) < 4.78 is 11.5. The Labute approximate surface area is 332 Å². The minimum atomic E-state index is -0.216. The van der Waals surface area contributed by atoms with Crippen LogP contribution in [0.3, 0.4) is 0 Å². The maximum absolute atomic E-state index is 6.69. The number of aliphatic imine (C=N–C) groups is 1. The minimum absolute atomic E-state index is 0.0815. The smallest absolute Gasteiger partial charge is 0.137 e. The van der Waals surface area contributed by atoms with Crippen molar-refractivity contribution >= 4 is 81.1 Å². The predicted octanol–water partition coefficient (Wildman–Crippen LogP) is 13.1. The highest BCUT2D eigenvalue weighted by atomic mass is 32.1. The Hall–Kier alpha value is -6.99. The van der Waals surface area contributed by atoms with Gasteiger partial charge in [0, 0.05) is 59.0 Å². The fourth-order valence-corrected chi connectivity index (χ4v) is 10.00. The van der Waals surface area contributed by atoms with Crippen LogP contribution in [-0.2, 0) is 0 Å². The van der Waals surface area contributed by atoms with Crippen LogP contribution < -0.4 is 10.6 Å². The largest absolute Gasteiger partial charge is 0.456 e. The van der Waals surface area contributed by atoms with Crippen molar-refractivity contribution in [2.24, 2.45) is 4.99 Å². The second-order valence-corrected chi connectivity index (χ2v) is 15.9. The Bertz CT molecular complexity index is 3320. The van der Waals surface area contributed by atoms with E-state index < -0.39 is 0 Å². The van der Waals surface area contributed by atoms with Crippen molar-refractivity contribution in [1.29, 1.82) is 0 Å². The van der Waals surface area contributed by atoms with Gasteiger partial charge in [0.15, 0.2) is 0 Å². The van der Waals surface area contributed by atoms with Gasteiger partial charge in [0.25, 0.3) is 0 Å². The Kier molecular flexibility index (Phi) is 7.24. The predicted molar refractivity (Wildman–Crippen MR) is 238 cm³/mol. The first-order chi connectivity index (χ1) is 28.2. The second-order valence-electron chi connectivity index (χ2n) is 14.8. The molecular weight excluding hydrogens is 717 g/mol. The van der Waals surface area contributed by atoms with E-state index in [0.717, 1.165) is 50.2 Å². The van der Waals surface area contributed by atoms with E-state index in [1.54, 1.807) is 0 Å². The Morgan fingerprint density at radius 1 is 0.509 bits per heavy atom. The van der Waals surface area contributed by atoms with E-state index in [1.807, 2.05) is 17.4 Å². The molecule has 270 valence electrons. The van der Waals surface area contributed by atoms with E-state index in [1.165, 1.54) is 53.1 Å². The molecule has 1 aliphatic rings. The first-order valence-electron chi connectivity index (χ1n) is 19.3. The van der Waals surface area contributed by atoms with Gasteiger partial charge < -0.3 is 14.3 Å². The average molecular weight is 751 g/mol. The summed E-state index contributed by atoms with van der Waals surface area (Å²) in [5.74, 6) is 0.885. The highest BCUT2D eigenvalue weighted by Gasteiger charge is 2.26. The molecule has 11 aromatic rings. The van der Waals surface area contributed by atoms with Gasteiger partial charge in [-0.05, 0) is 70.8 Å². The lowest BCUT2D eigenvalue weighted by molar-refractivity contribution is 0.409. The van der Waals surface area contributed by atoms with E-state index in [2.05, 4.69) is 191 Å². The lowest BCUT2D eigenvalue weighted by Gasteiger charge is -2.32. The first-order valence-corrected chi connectivity index (χ1v) is 20.2. The monoisotopic (exact) mass is 750 g/mol. The molecule has 2 unspecified atom stereocenters. The van der Waals surface area contributed by atoms with Crippen molar-refractivity contribution in [2.45, 2.75) is 12.3 Å². The molecule has 0 amide bonds. The number of fused-ring (bicyclic) bond motifs is 9. The molecule has 12 rings (SSSR count). The lowest BCUT2D eigenvalue weighted by Crippen LogP contribution is -2.44. The molecule has 3 aromatic heterocycles. The van der Waals surface area contributed by atoms with Crippen molar-refractivity contribution in [3.8, 4) is 16.8 Å². The van der Waals surface area contributed by atoms with Crippen molar-refractivity contribution in [3.05, 3.63) is 199 Å². The van der Waals surface area contributed by atoms with Gasteiger partial charge in [-0.25, -0.2) is 4.99 Å². The molecule has 0 bridgehead atoms. The van der Waals surface area contributed by atoms with Crippen LogP contribution in [0.5, 0.6) is 0 Å². The third-order valence-electron chi connectivity index (χ3n) is 11.5. The molecule has 2 atom stereocenters. The number of hydrogen-bond donors (Lipinski definition) is 2. The molecule has 0 saturated carbocycles. The van der Waals surface area contributed by atoms with Gasteiger partial charge in [-0.2, -0.15) is 0 Å². The number of amidine groups is 1. The third kappa shape index (κ3) is 5.22. The summed E-state index contributed by atoms with van der Waals surface area (Å²) in [6.45, 7) is 0. The van der Waals surface area contributed by atoms with Gasteiger partial charge in [-0.3, -0.25) is 5.32 Å². The molecule has 8 aromatic carbocycles. The van der Waals surface area contributed by atoms with Gasteiger partial charge in [-0.15, -0.1) is 11.3 Å². The third-order valence-corrected chi connectivity index (χ3v) is 12.6. The highest BCUT2D eigenvalue weighted by molar-refractivity contribution is 7.26. The maximum Gasteiger partial charge on any atom is 0.137 e. The van der Waals surface area contributed by atoms with E-state index in [4.69, 9.17) is 9.41 Å². The summed E-state index contributed by atoms with van der Waals surface area (Å²) in [6.07, 6.45) is -0.297. The Morgan fingerprint density at radius 3 is 1.98 bits per heavy atom. The van der Waals surface area contributed by atoms with E-state index in [-0.39, 0.29) is 12.3 Å². The Morgan fingerprint density at radius 2 is 1.19 bits per heavy atom. The number of benzene rings is 8. The van der Waals surface area contributed by atoms with Crippen LogP contribution in [0.2, 0.25) is 0 Å². The molecule has 0 radical (unpaired) electrons. The summed E-state index contributed by atoms with van der Waals surface area (Å²) in [6, 6.07) is 64.9. The summed E-state index contributed by atoms with van der Waals surface area (Å²) in [7, 11) is 0. The lowest BCUT2D eigenvalue weighted by atomic mass is 9.97. The number of aromatic nitrogens is 1. The molecule has 0 fully saturated rings. The number of nitrogens with one attached hydrogen (secondary N) is 2. The van der Waals surface area contributed by atoms with Gasteiger partial charge in [0.05, 0.1) is 11.0 Å². The zero-order valence-corrected chi connectivity index (χ0v) is 31.5. The maximum atomic E-state index is 6.69. The number of nitrogens with zero attached hydrogens (tertiary/aromatic N) is 2. The second kappa shape index (κ2) is 12.8. The van der Waals surface area contributed by atoms with Crippen molar-refractivity contribution in [2.75, 3.05) is 0 Å². The molecule has 0 saturated heterocycles. The summed E-state index contributed by atoms with van der Waals surface area (Å²) in [5.41, 5.74) is 11.0. The molecule has 4 heterocycles. The highest BCUT2D eigenvalue weighted by Crippen LogP contribution is 2.43. The molecule has 6 heteroatoms. The molecule has 2 N–H and O–H groups in total. The molecule has 1 aliphatic heterocycles. The number of rotatable bonds is 5. The normalized spacial score (nSPS) is 15.9. The molecular formula is C51H34N4OS. The van der Waals surface area contributed by atoms with Crippen LogP contribution in [0.15, 0.2) is 191 Å². The minimum Gasteiger partial charge on any atom is -0.456 e. The van der Waals surface area contributed by atoms with Gasteiger partial charge in [-0.1, -0.05) is 127 Å². The number of hydrogen-bond acceptors (Lipinski definition) is 5. The fourth-order valence-electron chi connectivity index (χ4n) is 8.82. The number of para-hydroxylation sites is 2. The first kappa shape index (κ1) is 32.3. The van der Waals surface area contributed by atoms with Crippen molar-refractivity contribution in [1.82, 2.24) is 15.2 Å². The topological polar surface area (TPSA) is 54.5 Å². The van der Waals surface area contributed by atoms with E-state index >= 15 is 0 Å². The van der Waals surface area contributed by atoms with Gasteiger partial charge >= 0.3 is 0 Å². The molecule has 0 aliphatic carbocycles. The zero-order chi connectivity index (χ0) is 37.5. The zero-order valence-electron chi connectivity index (χ0n) is 30.7. The van der Waals surface area contributed by atoms with Crippen LogP contribution in [-0.4, -0.2) is 10.4 Å². The quantitative estimate of drug-likeness (QED) is 0.184. The van der Waals surface area contributed by atoms with E-state index in [9.17, 15) is 0 Å². The summed E-state index contributed by atoms with van der Waals surface area (Å²) in [4.78, 5) is 5.20. The van der Waals surface area contributed by atoms with E-state index in [0.29, 0.717) is 0 Å². The molecule has 0 spiro atoms. The SMILES string of the molecule is c1ccc(C2=NC(c3ccc4c(c3)sc3cccc(-c5ccc6c(c5)oc5cc(-n7c8ccccc8c8ccccc87)ccc56)c34)NC(c3ccccc3)N2)cc1. The van der Waals surface area contributed by atoms with Crippen molar-refractivity contribution < 1.29 is 4.42 Å². The Balaban J connectivity index is 0.934. The summed E-state index contributed by atoms with van der Waals surface area (Å²) in [5, 5.41) is 14.7. The fraction of sp³-hybridized carbons (Fsp3) is 0.0392. The van der Waals surface area contributed by atoms with Gasteiger partial charge in [0.2, 0.25) is 0 Å². The summed E-state index contributed by atoms with van der Waals surface area (Å²) >= 11 is 1.83. The van der Waals surface area contributed by atoms with Crippen LogP contribution in [0.4, 0.5) is 0 Å². The van der Waals surface area contributed by atoms with Crippen LogP contribution in [0, 0.1) is 0 Å². The molecule has 5 nitrogen and oxygen atoms in total. The standard InChI is InChI=1S/C51H34N4OS/c1-3-12-31(13-4-1)49-52-50(32-14-5-2-6-15-32)54-51(53-49)34-23-26-41-47(29-34)57-46-21-11-18-36(48(41)46)33-22-25-39-40-27-24-35(30-45(40)56-44(39)28-33)55-42-19-9-7-16-37(42)38-17-8-10-20-43(38)55/h1-30,49,51,53H,(H,52,54). The number of furan rings is 1. The van der Waals surface area contributed by atoms with Crippen LogP contribution >= 0.6 is 11.3 Å². The average Bonchev–Trinajstić information content (AvgIpc) is 3.95. The van der Waals surface area contributed by atoms with Crippen molar-refractivity contribution in [3.63, 3.8) is 0 Å². The number of thiophene rings is 1.